The topological polar surface area (TPSA) is 92.0 Å². The highest BCUT2D eigenvalue weighted by Crippen LogP contribution is 2.14. The van der Waals surface area contributed by atoms with Gasteiger partial charge in [0.25, 0.3) is 0 Å². The molecule has 2 rings (SSSR count). The lowest BCUT2D eigenvalue weighted by molar-refractivity contribution is -0.138. The van der Waals surface area contributed by atoms with Crippen LogP contribution in [0.4, 0.5) is 0 Å². The van der Waals surface area contributed by atoms with Crippen molar-refractivity contribution in [1.82, 2.24) is 9.97 Å². The van der Waals surface area contributed by atoms with Crippen molar-refractivity contribution in [3.8, 4) is 0 Å². The van der Waals surface area contributed by atoms with E-state index in [4.69, 9.17) is 10.8 Å². The fraction of sp³-hybridized carbons (Fsp3) is 0.273. The maximum atomic E-state index is 10.6. The van der Waals surface area contributed by atoms with E-state index >= 15 is 0 Å². The number of carboxylic acid groups (broad SMARTS) is 1. The van der Waals surface area contributed by atoms with Crippen molar-refractivity contribution in [2.24, 2.45) is 5.73 Å². The first-order chi connectivity index (χ1) is 7.56. The molecule has 4 N–H and O–H groups in total. The number of nitrogens with one attached hydrogen (secondary N) is 1. The summed E-state index contributed by atoms with van der Waals surface area (Å²) in [4.78, 5) is 18.0. The maximum absolute atomic E-state index is 10.6. The number of aryl methyl sites for hydroxylation is 1. The van der Waals surface area contributed by atoms with E-state index in [2.05, 4.69) is 9.97 Å². The molecule has 0 amide bonds. The van der Waals surface area contributed by atoms with Crippen molar-refractivity contribution < 1.29 is 9.90 Å². The molecule has 0 spiro atoms. The van der Waals surface area contributed by atoms with Crippen molar-refractivity contribution in [2.45, 2.75) is 19.4 Å². The number of fused-ring (bicyclic) bond motifs is 1. The number of hydrogen-bond donors (Lipinski definition) is 3. The van der Waals surface area contributed by atoms with Gasteiger partial charge in [-0.15, -0.1) is 0 Å². The molecule has 0 radical (unpaired) electrons. The number of H-pyrrole nitrogens is 1. The van der Waals surface area contributed by atoms with Crippen molar-refractivity contribution in [3.05, 3.63) is 29.6 Å². The minimum Gasteiger partial charge on any atom is -0.480 e. The monoisotopic (exact) mass is 219 g/mol. The quantitative estimate of drug-likeness (QED) is 0.712. The minimum atomic E-state index is -0.985. The summed E-state index contributed by atoms with van der Waals surface area (Å²) in [5.41, 5.74) is 8.16. The third-order valence-electron chi connectivity index (χ3n) is 2.44. The molecule has 5 heteroatoms. The molecule has 1 aromatic heterocycles. The highest BCUT2D eigenvalue weighted by molar-refractivity contribution is 5.77. The molecule has 1 heterocycles. The summed E-state index contributed by atoms with van der Waals surface area (Å²) in [5, 5.41) is 8.72. The summed E-state index contributed by atoms with van der Waals surface area (Å²) >= 11 is 0. The Kier molecular flexibility index (Phi) is 2.62. The molecule has 0 aliphatic rings. The molecular weight excluding hydrogens is 206 g/mol. The second kappa shape index (κ2) is 3.94. The number of carbonyl (C=O) groups is 1. The van der Waals surface area contributed by atoms with E-state index in [1.54, 1.807) is 0 Å². The standard InChI is InChI=1S/C11H13N3O2/c1-6-13-9-3-2-7(5-10(9)14-6)4-8(12)11(15)16/h2-3,5,8H,4,12H2,1H3,(H,13,14)(H,15,16). The van der Waals surface area contributed by atoms with E-state index in [9.17, 15) is 4.79 Å². The largest absolute Gasteiger partial charge is 0.480 e. The van der Waals surface area contributed by atoms with Crippen LogP contribution in [0.2, 0.25) is 0 Å². The van der Waals surface area contributed by atoms with Crippen molar-refractivity contribution in [3.63, 3.8) is 0 Å². The molecule has 0 aliphatic heterocycles. The van der Waals surface area contributed by atoms with Gasteiger partial charge in [-0.25, -0.2) is 4.98 Å². The van der Waals surface area contributed by atoms with Crippen LogP contribution in [0, 0.1) is 6.92 Å². The normalized spacial score (nSPS) is 12.9. The molecule has 0 bridgehead atoms. The number of rotatable bonds is 3. The Hall–Kier alpha value is -1.88. The Labute approximate surface area is 92.3 Å². The van der Waals surface area contributed by atoms with Crippen LogP contribution in [-0.2, 0) is 11.2 Å². The number of aliphatic carboxylic acids is 1. The van der Waals surface area contributed by atoms with Gasteiger partial charge >= 0.3 is 5.97 Å². The van der Waals surface area contributed by atoms with Crippen LogP contribution in [0.5, 0.6) is 0 Å². The van der Waals surface area contributed by atoms with Gasteiger partial charge in [-0.2, -0.15) is 0 Å². The number of aromatic nitrogens is 2. The van der Waals surface area contributed by atoms with E-state index < -0.39 is 12.0 Å². The van der Waals surface area contributed by atoms with Gasteiger partial charge in [0.2, 0.25) is 0 Å². The first-order valence-electron chi connectivity index (χ1n) is 5.00. The zero-order valence-corrected chi connectivity index (χ0v) is 8.90. The van der Waals surface area contributed by atoms with Gasteiger partial charge < -0.3 is 15.8 Å². The first-order valence-corrected chi connectivity index (χ1v) is 5.00. The molecular formula is C11H13N3O2. The zero-order chi connectivity index (χ0) is 11.7. The van der Waals surface area contributed by atoms with Gasteiger partial charge in [0.05, 0.1) is 11.0 Å². The molecule has 0 saturated heterocycles. The average Bonchev–Trinajstić information content (AvgIpc) is 2.57. The predicted molar refractivity (Wildman–Crippen MR) is 60.1 cm³/mol. The molecule has 0 saturated carbocycles. The molecule has 1 atom stereocenters. The Morgan fingerprint density at radius 2 is 2.38 bits per heavy atom. The third kappa shape index (κ3) is 2.04. The number of benzene rings is 1. The molecule has 84 valence electrons. The number of aromatic amines is 1. The smallest absolute Gasteiger partial charge is 0.320 e. The zero-order valence-electron chi connectivity index (χ0n) is 8.90. The van der Waals surface area contributed by atoms with Crippen LogP contribution in [0.25, 0.3) is 11.0 Å². The lowest BCUT2D eigenvalue weighted by Crippen LogP contribution is -2.32. The van der Waals surface area contributed by atoms with E-state index in [0.29, 0.717) is 6.42 Å². The van der Waals surface area contributed by atoms with Crippen LogP contribution in [-0.4, -0.2) is 27.1 Å². The van der Waals surface area contributed by atoms with E-state index in [0.717, 1.165) is 22.4 Å². The van der Waals surface area contributed by atoms with Crippen LogP contribution < -0.4 is 5.73 Å². The summed E-state index contributed by atoms with van der Waals surface area (Å²) in [7, 11) is 0. The Bertz CT molecular complexity index is 533. The number of imidazole rings is 1. The van der Waals surface area contributed by atoms with Crippen molar-refractivity contribution in [2.75, 3.05) is 0 Å². The van der Waals surface area contributed by atoms with Gasteiger partial charge in [0.15, 0.2) is 0 Å². The molecule has 1 aromatic carbocycles. The van der Waals surface area contributed by atoms with Gasteiger partial charge in [-0.3, -0.25) is 4.79 Å². The predicted octanol–water partition coefficient (Wildman–Crippen LogP) is 0.826. The summed E-state index contributed by atoms with van der Waals surface area (Å²) in [5.74, 6) is -0.143. The van der Waals surface area contributed by atoms with Crippen LogP contribution >= 0.6 is 0 Å². The summed E-state index contributed by atoms with van der Waals surface area (Å²) < 4.78 is 0. The van der Waals surface area contributed by atoms with Gasteiger partial charge in [0.1, 0.15) is 11.9 Å². The van der Waals surface area contributed by atoms with E-state index in [-0.39, 0.29) is 0 Å². The van der Waals surface area contributed by atoms with Crippen LogP contribution in [0.3, 0.4) is 0 Å². The third-order valence-corrected chi connectivity index (χ3v) is 2.44. The number of nitrogens with zero attached hydrogens (tertiary/aromatic N) is 1. The van der Waals surface area contributed by atoms with Crippen molar-refractivity contribution >= 4 is 17.0 Å². The fourth-order valence-corrected chi connectivity index (χ4v) is 1.65. The summed E-state index contributed by atoms with van der Waals surface area (Å²) in [6, 6.07) is 4.74. The number of hydrogen-bond acceptors (Lipinski definition) is 3. The summed E-state index contributed by atoms with van der Waals surface area (Å²) in [6.45, 7) is 1.88. The second-order valence-corrected chi connectivity index (χ2v) is 3.82. The molecule has 0 aliphatic carbocycles. The van der Waals surface area contributed by atoms with E-state index in [1.807, 2.05) is 25.1 Å². The Morgan fingerprint density at radius 1 is 1.62 bits per heavy atom. The first kappa shape index (κ1) is 10.6. The van der Waals surface area contributed by atoms with Gasteiger partial charge in [-0.05, 0) is 31.0 Å². The molecule has 0 fully saturated rings. The minimum absolute atomic E-state index is 0.323. The molecule has 1 unspecified atom stereocenters. The SMILES string of the molecule is Cc1nc2ccc(CC(N)C(=O)O)cc2[nH]1. The summed E-state index contributed by atoms with van der Waals surface area (Å²) in [6.07, 6.45) is 0.323. The Morgan fingerprint density at radius 3 is 3.06 bits per heavy atom. The van der Waals surface area contributed by atoms with Gasteiger partial charge in [0, 0.05) is 0 Å². The van der Waals surface area contributed by atoms with Crippen LogP contribution in [0.15, 0.2) is 18.2 Å². The second-order valence-electron chi connectivity index (χ2n) is 3.82. The lowest BCUT2D eigenvalue weighted by Gasteiger charge is -2.05. The number of carboxylic acids is 1. The lowest BCUT2D eigenvalue weighted by atomic mass is 10.1. The molecule has 2 aromatic rings. The van der Waals surface area contributed by atoms with Crippen LogP contribution in [0.1, 0.15) is 11.4 Å². The average molecular weight is 219 g/mol. The highest BCUT2D eigenvalue weighted by atomic mass is 16.4. The molecule has 5 nitrogen and oxygen atoms in total. The van der Waals surface area contributed by atoms with E-state index in [1.165, 1.54) is 0 Å². The van der Waals surface area contributed by atoms with Gasteiger partial charge in [-0.1, -0.05) is 6.07 Å². The number of nitrogens with two attached hydrogens (primary N) is 1. The van der Waals surface area contributed by atoms with Crippen molar-refractivity contribution in [1.29, 1.82) is 0 Å². The molecule has 16 heavy (non-hydrogen) atoms. The highest BCUT2D eigenvalue weighted by Gasteiger charge is 2.12. The Balaban J connectivity index is 2.28. The fourth-order valence-electron chi connectivity index (χ4n) is 1.65. The maximum Gasteiger partial charge on any atom is 0.320 e.